The molecule has 0 atom stereocenters. The highest BCUT2D eigenvalue weighted by Gasteiger charge is 2.23. The summed E-state index contributed by atoms with van der Waals surface area (Å²) in [5.74, 6) is 2.21. The molecule has 0 aliphatic heterocycles. The summed E-state index contributed by atoms with van der Waals surface area (Å²) in [5, 5.41) is 9.54. The Bertz CT molecular complexity index is 854. The van der Waals surface area contributed by atoms with Crippen LogP contribution in [0.4, 0.5) is 0 Å². The molecule has 0 saturated heterocycles. The second-order valence-electron chi connectivity index (χ2n) is 7.23. The molecule has 1 fully saturated rings. The Hall–Kier alpha value is -2.49. The fraction of sp³-hybridized carbons (Fsp3) is 0.391. The number of ether oxygens (including phenoxy) is 2. The van der Waals surface area contributed by atoms with Gasteiger partial charge in [-0.3, -0.25) is 9.79 Å². The molecule has 0 bridgehead atoms. The van der Waals surface area contributed by atoms with Crippen molar-refractivity contribution in [3.63, 3.8) is 0 Å². The zero-order valence-electron chi connectivity index (χ0n) is 18.0. The number of halogens is 1. The number of methoxy groups -OCH3 is 1. The monoisotopic (exact) mass is 538 g/mol. The third kappa shape index (κ3) is 9.04. The van der Waals surface area contributed by atoms with Crippen molar-refractivity contribution >= 4 is 35.8 Å². The molecule has 7 nitrogen and oxygen atoms in total. The van der Waals surface area contributed by atoms with Gasteiger partial charge in [-0.2, -0.15) is 0 Å². The average molecular weight is 538 g/mol. The largest absolute Gasteiger partial charge is 0.497 e. The molecule has 2 aromatic carbocycles. The smallest absolute Gasteiger partial charge is 0.258 e. The van der Waals surface area contributed by atoms with E-state index in [1.54, 1.807) is 14.2 Å². The molecule has 1 saturated carbocycles. The molecule has 0 heterocycles. The number of hydrogen-bond acceptors (Lipinski definition) is 4. The van der Waals surface area contributed by atoms with Crippen LogP contribution in [0.3, 0.4) is 0 Å². The van der Waals surface area contributed by atoms with Crippen LogP contribution >= 0.6 is 24.0 Å². The van der Waals surface area contributed by atoms with Gasteiger partial charge in [0.1, 0.15) is 11.5 Å². The molecule has 1 aliphatic rings. The molecule has 1 amide bonds. The number of hydrogen-bond donors (Lipinski definition) is 3. The first-order valence-corrected chi connectivity index (χ1v) is 10.2. The Labute approximate surface area is 201 Å². The van der Waals surface area contributed by atoms with E-state index in [1.165, 1.54) is 5.56 Å². The maximum atomic E-state index is 11.8. The molecule has 0 radical (unpaired) electrons. The summed E-state index contributed by atoms with van der Waals surface area (Å²) in [6.45, 7) is 1.42. The lowest BCUT2D eigenvalue weighted by atomic mass is 10.1. The number of guanidine groups is 1. The molecule has 31 heavy (non-hydrogen) atoms. The quantitative estimate of drug-likeness (QED) is 0.246. The number of carbonyl (C=O) groups is 1. The molecular weight excluding hydrogens is 507 g/mol. The molecule has 8 heteroatoms. The van der Waals surface area contributed by atoms with Gasteiger partial charge in [-0.25, -0.2) is 0 Å². The molecular formula is C23H31IN4O3. The van der Waals surface area contributed by atoms with Crippen molar-refractivity contribution in [2.24, 2.45) is 4.99 Å². The first-order valence-electron chi connectivity index (χ1n) is 10.2. The van der Waals surface area contributed by atoms with Gasteiger partial charge in [0.05, 0.1) is 7.11 Å². The molecule has 2 aromatic rings. The van der Waals surface area contributed by atoms with E-state index in [0.717, 1.165) is 43.1 Å². The summed E-state index contributed by atoms with van der Waals surface area (Å²) in [5.41, 5.74) is 2.28. The molecule has 168 valence electrons. The van der Waals surface area contributed by atoms with Crippen molar-refractivity contribution in [2.75, 3.05) is 27.3 Å². The Morgan fingerprint density at radius 1 is 1.06 bits per heavy atom. The van der Waals surface area contributed by atoms with Crippen molar-refractivity contribution in [1.29, 1.82) is 0 Å². The lowest BCUT2D eigenvalue weighted by molar-refractivity contribution is -0.123. The minimum atomic E-state index is -0.0671. The third-order valence-electron chi connectivity index (χ3n) is 4.76. The van der Waals surface area contributed by atoms with Crippen LogP contribution in [-0.4, -0.2) is 45.2 Å². The van der Waals surface area contributed by atoms with Crippen LogP contribution in [0.15, 0.2) is 53.5 Å². The number of amides is 1. The van der Waals surface area contributed by atoms with Crippen LogP contribution in [-0.2, 0) is 17.8 Å². The zero-order valence-corrected chi connectivity index (χ0v) is 20.3. The highest BCUT2D eigenvalue weighted by Crippen LogP contribution is 2.18. The number of nitrogens with zero attached hydrogens (tertiary/aromatic N) is 1. The van der Waals surface area contributed by atoms with E-state index >= 15 is 0 Å². The van der Waals surface area contributed by atoms with Gasteiger partial charge in [0.25, 0.3) is 5.91 Å². The van der Waals surface area contributed by atoms with Crippen LogP contribution < -0.4 is 25.4 Å². The highest BCUT2D eigenvalue weighted by molar-refractivity contribution is 14.0. The summed E-state index contributed by atoms with van der Waals surface area (Å²) in [4.78, 5) is 16.0. The standard InChI is InChI=1S/C23H30N4O3.HI/c1-24-23(25-13-12-17-6-10-20(29-2)11-7-17)26-15-18-4-3-5-21(14-18)30-16-22(28)27-19-8-9-19;/h3-7,10-11,14,19H,8-9,12-13,15-16H2,1-2H3,(H,27,28)(H2,24,25,26);1H. The van der Waals surface area contributed by atoms with E-state index in [0.29, 0.717) is 18.3 Å². The zero-order chi connectivity index (χ0) is 21.2. The Balaban J connectivity index is 0.00000341. The van der Waals surface area contributed by atoms with Crippen LogP contribution in [0.2, 0.25) is 0 Å². The van der Waals surface area contributed by atoms with Gasteiger partial charge in [-0.05, 0) is 54.7 Å². The normalized spacial score (nSPS) is 13.0. The Morgan fingerprint density at radius 3 is 2.52 bits per heavy atom. The minimum absolute atomic E-state index is 0. The second kappa shape index (κ2) is 13.0. The maximum absolute atomic E-state index is 11.8. The van der Waals surface area contributed by atoms with Gasteiger partial charge in [0.15, 0.2) is 12.6 Å². The van der Waals surface area contributed by atoms with Crippen LogP contribution in [0.25, 0.3) is 0 Å². The van der Waals surface area contributed by atoms with Gasteiger partial charge < -0.3 is 25.4 Å². The summed E-state index contributed by atoms with van der Waals surface area (Å²) in [7, 11) is 3.42. The number of benzene rings is 2. The van der Waals surface area contributed by atoms with E-state index in [9.17, 15) is 4.79 Å². The maximum Gasteiger partial charge on any atom is 0.258 e. The van der Waals surface area contributed by atoms with Crippen LogP contribution in [0.5, 0.6) is 11.5 Å². The Kier molecular flexibility index (Phi) is 10.4. The summed E-state index contributed by atoms with van der Waals surface area (Å²) < 4.78 is 10.8. The first-order chi connectivity index (χ1) is 14.7. The lowest BCUT2D eigenvalue weighted by Crippen LogP contribution is -2.37. The van der Waals surface area contributed by atoms with Gasteiger partial charge >= 0.3 is 0 Å². The highest BCUT2D eigenvalue weighted by atomic mass is 127. The predicted molar refractivity (Wildman–Crippen MR) is 133 cm³/mol. The van der Waals surface area contributed by atoms with Crippen molar-refractivity contribution in [2.45, 2.75) is 31.8 Å². The van der Waals surface area contributed by atoms with Crippen molar-refractivity contribution in [1.82, 2.24) is 16.0 Å². The molecule has 1 aliphatic carbocycles. The van der Waals surface area contributed by atoms with Crippen LogP contribution in [0, 0.1) is 0 Å². The first kappa shape index (κ1) is 24.8. The summed E-state index contributed by atoms with van der Waals surface area (Å²) >= 11 is 0. The topological polar surface area (TPSA) is 84.0 Å². The van der Waals surface area contributed by atoms with E-state index in [-0.39, 0.29) is 36.5 Å². The van der Waals surface area contributed by atoms with Crippen molar-refractivity contribution in [3.8, 4) is 11.5 Å². The van der Waals surface area contributed by atoms with Gasteiger partial charge in [0, 0.05) is 26.2 Å². The fourth-order valence-electron chi connectivity index (χ4n) is 2.91. The minimum Gasteiger partial charge on any atom is -0.497 e. The molecule has 3 rings (SSSR count). The molecule has 3 N–H and O–H groups in total. The molecule has 0 spiro atoms. The molecule has 0 aromatic heterocycles. The third-order valence-corrected chi connectivity index (χ3v) is 4.76. The summed E-state index contributed by atoms with van der Waals surface area (Å²) in [6.07, 6.45) is 3.03. The number of rotatable bonds is 10. The van der Waals surface area contributed by atoms with E-state index in [2.05, 4.69) is 33.1 Å². The number of carbonyl (C=O) groups excluding carboxylic acids is 1. The van der Waals surface area contributed by atoms with E-state index < -0.39 is 0 Å². The number of aliphatic imine (C=N–C) groups is 1. The SMILES string of the molecule is CN=C(NCCc1ccc(OC)cc1)NCc1cccc(OCC(=O)NC2CC2)c1.I. The van der Waals surface area contributed by atoms with Gasteiger partial charge in [-0.1, -0.05) is 24.3 Å². The second-order valence-corrected chi connectivity index (χ2v) is 7.23. The van der Waals surface area contributed by atoms with E-state index in [4.69, 9.17) is 9.47 Å². The molecule has 0 unspecified atom stereocenters. The number of nitrogens with one attached hydrogen (secondary N) is 3. The van der Waals surface area contributed by atoms with E-state index in [1.807, 2.05) is 36.4 Å². The predicted octanol–water partition coefficient (Wildman–Crippen LogP) is 2.88. The van der Waals surface area contributed by atoms with Crippen LogP contribution in [0.1, 0.15) is 24.0 Å². The fourth-order valence-corrected chi connectivity index (χ4v) is 2.91. The van der Waals surface area contributed by atoms with Gasteiger partial charge in [-0.15, -0.1) is 24.0 Å². The summed E-state index contributed by atoms with van der Waals surface area (Å²) in [6, 6.07) is 16.1. The lowest BCUT2D eigenvalue weighted by Gasteiger charge is -2.13. The average Bonchev–Trinajstić information content (AvgIpc) is 3.59. The van der Waals surface area contributed by atoms with Crippen molar-refractivity contribution < 1.29 is 14.3 Å². The Morgan fingerprint density at radius 2 is 1.84 bits per heavy atom. The van der Waals surface area contributed by atoms with Gasteiger partial charge in [0.2, 0.25) is 0 Å². The van der Waals surface area contributed by atoms with Crippen molar-refractivity contribution in [3.05, 3.63) is 59.7 Å².